The lowest BCUT2D eigenvalue weighted by atomic mass is 10.2. The van der Waals surface area contributed by atoms with Crippen molar-refractivity contribution >= 4 is 45.7 Å². The molecule has 0 unspecified atom stereocenters. The molecule has 24 heavy (non-hydrogen) atoms. The van der Waals surface area contributed by atoms with Gasteiger partial charge in [-0.05, 0) is 37.6 Å². The predicted molar refractivity (Wildman–Crippen MR) is 97.6 cm³/mol. The summed E-state index contributed by atoms with van der Waals surface area (Å²) >= 11 is 2.78. The molecule has 0 bridgehead atoms. The van der Waals surface area contributed by atoms with Crippen molar-refractivity contribution < 1.29 is 9.59 Å². The number of nitrogens with two attached hydrogens (primary N) is 1. The average molecular weight is 365 g/mol. The van der Waals surface area contributed by atoms with Crippen LogP contribution < -0.4 is 16.4 Å². The SMILES string of the molecule is CCCNc1nnc(S[C@H](C)C(=O)Nc2ccc(C(N)=O)cc2)s1. The molecule has 0 aliphatic rings. The molecule has 2 amide bonds. The molecule has 0 fully saturated rings. The Kier molecular flexibility index (Phi) is 6.56. The van der Waals surface area contributed by atoms with Crippen molar-refractivity contribution in [3.63, 3.8) is 0 Å². The van der Waals surface area contributed by atoms with Crippen molar-refractivity contribution in [2.24, 2.45) is 5.73 Å². The first kappa shape index (κ1) is 18.2. The van der Waals surface area contributed by atoms with Gasteiger partial charge >= 0.3 is 0 Å². The Morgan fingerprint density at radius 1 is 1.29 bits per heavy atom. The summed E-state index contributed by atoms with van der Waals surface area (Å²) in [6.07, 6.45) is 1.01. The number of amides is 2. The standard InChI is InChI=1S/C15H19N5O2S2/c1-3-8-17-14-19-20-15(24-14)23-9(2)13(22)18-11-6-4-10(5-7-11)12(16)21/h4-7,9H,3,8H2,1-2H3,(H2,16,21)(H,17,19)(H,18,22)/t9-/m1/s1. The number of hydrogen-bond acceptors (Lipinski definition) is 7. The molecule has 128 valence electrons. The van der Waals surface area contributed by atoms with Crippen LogP contribution in [0.3, 0.4) is 0 Å². The minimum atomic E-state index is -0.499. The number of carbonyl (C=O) groups excluding carboxylic acids is 2. The van der Waals surface area contributed by atoms with E-state index in [1.165, 1.54) is 23.1 Å². The van der Waals surface area contributed by atoms with Crippen LogP contribution in [0.1, 0.15) is 30.6 Å². The highest BCUT2D eigenvalue weighted by Crippen LogP contribution is 2.29. The van der Waals surface area contributed by atoms with Crippen LogP contribution in [-0.4, -0.2) is 33.8 Å². The van der Waals surface area contributed by atoms with E-state index in [1.54, 1.807) is 31.2 Å². The molecule has 1 heterocycles. The van der Waals surface area contributed by atoms with Gasteiger partial charge in [0, 0.05) is 17.8 Å². The molecule has 1 aromatic carbocycles. The second-order valence-electron chi connectivity index (χ2n) is 4.99. The molecule has 2 aromatic rings. The van der Waals surface area contributed by atoms with E-state index in [-0.39, 0.29) is 11.2 Å². The Morgan fingerprint density at radius 3 is 2.62 bits per heavy atom. The van der Waals surface area contributed by atoms with Crippen molar-refractivity contribution in [1.29, 1.82) is 0 Å². The zero-order valence-electron chi connectivity index (χ0n) is 13.4. The third-order valence-electron chi connectivity index (χ3n) is 3.02. The Balaban J connectivity index is 1.89. The minimum absolute atomic E-state index is 0.148. The summed E-state index contributed by atoms with van der Waals surface area (Å²) in [5, 5.41) is 14.5. The Labute approximate surface area is 148 Å². The van der Waals surface area contributed by atoms with Crippen LogP contribution in [0.2, 0.25) is 0 Å². The highest BCUT2D eigenvalue weighted by Gasteiger charge is 2.17. The van der Waals surface area contributed by atoms with Gasteiger partial charge in [0.2, 0.25) is 16.9 Å². The van der Waals surface area contributed by atoms with E-state index >= 15 is 0 Å². The zero-order valence-corrected chi connectivity index (χ0v) is 15.0. The summed E-state index contributed by atoms with van der Waals surface area (Å²) in [4.78, 5) is 23.3. The molecular weight excluding hydrogens is 346 g/mol. The van der Waals surface area contributed by atoms with Crippen LogP contribution in [0.15, 0.2) is 28.6 Å². The van der Waals surface area contributed by atoms with E-state index < -0.39 is 5.91 Å². The monoisotopic (exact) mass is 365 g/mol. The number of rotatable bonds is 8. The fourth-order valence-electron chi connectivity index (χ4n) is 1.73. The molecule has 1 aromatic heterocycles. The number of thioether (sulfide) groups is 1. The number of hydrogen-bond donors (Lipinski definition) is 3. The number of nitrogens with zero attached hydrogens (tertiary/aromatic N) is 2. The Morgan fingerprint density at radius 2 is 2.00 bits per heavy atom. The number of primary amides is 1. The van der Waals surface area contributed by atoms with E-state index in [0.717, 1.165) is 22.4 Å². The lowest BCUT2D eigenvalue weighted by Gasteiger charge is -2.10. The highest BCUT2D eigenvalue weighted by atomic mass is 32.2. The summed E-state index contributed by atoms with van der Waals surface area (Å²) in [5.41, 5.74) is 6.20. The quantitative estimate of drug-likeness (QED) is 0.620. The summed E-state index contributed by atoms with van der Waals surface area (Å²) in [7, 11) is 0. The van der Waals surface area contributed by atoms with Crippen molar-refractivity contribution in [3.05, 3.63) is 29.8 Å². The average Bonchev–Trinajstić information content (AvgIpc) is 3.00. The molecule has 1 atom stereocenters. The van der Waals surface area contributed by atoms with Crippen LogP contribution in [0.5, 0.6) is 0 Å². The fraction of sp³-hybridized carbons (Fsp3) is 0.333. The van der Waals surface area contributed by atoms with Gasteiger partial charge in [0.15, 0.2) is 4.34 Å². The van der Waals surface area contributed by atoms with E-state index in [1.807, 2.05) is 0 Å². The largest absolute Gasteiger partial charge is 0.366 e. The number of carbonyl (C=O) groups is 2. The lowest BCUT2D eigenvalue weighted by molar-refractivity contribution is -0.115. The molecule has 4 N–H and O–H groups in total. The van der Waals surface area contributed by atoms with Crippen molar-refractivity contribution in [3.8, 4) is 0 Å². The normalized spacial score (nSPS) is 11.8. The number of anilines is 2. The molecular formula is C15H19N5O2S2. The third-order valence-corrected chi connectivity index (χ3v) is 5.08. The van der Waals surface area contributed by atoms with Crippen LogP contribution in [-0.2, 0) is 4.79 Å². The first-order chi connectivity index (χ1) is 11.5. The van der Waals surface area contributed by atoms with Crippen LogP contribution in [0.25, 0.3) is 0 Å². The van der Waals surface area contributed by atoms with Gasteiger partial charge in [-0.25, -0.2) is 0 Å². The predicted octanol–water partition coefficient (Wildman–Crippen LogP) is 2.58. The van der Waals surface area contributed by atoms with Gasteiger partial charge in [-0.1, -0.05) is 30.0 Å². The molecule has 0 saturated carbocycles. The van der Waals surface area contributed by atoms with Gasteiger partial charge in [0.1, 0.15) is 0 Å². The first-order valence-corrected chi connectivity index (χ1v) is 9.14. The maximum Gasteiger partial charge on any atom is 0.248 e. The molecule has 7 nitrogen and oxygen atoms in total. The third kappa shape index (κ3) is 5.20. The smallest absolute Gasteiger partial charge is 0.248 e. The van der Waals surface area contributed by atoms with Crippen molar-refractivity contribution in [2.75, 3.05) is 17.2 Å². The second kappa shape index (κ2) is 8.65. The molecule has 0 aliphatic heterocycles. The van der Waals surface area contributed by atoms with Gasteiger partial charge in [0.05, 0.1) is 5.25 Å². The van der Waals surface area contributed by atoms with Crippen LogP contribution in [0.4, 0.5) is 10.8 Å². The molecule has 2 rings (SSSR count). The van der Waals surface area contributed by atoms with Gasteiger partial charge in [-0.3, -0.25) is 9.59 Å². The van der Waals surface area contributed by atoms with Crippen LogP contribution in [0, 0.1) is 0 Å². The molecule has 0 radical (unpaired) electrons. The van der Waals surface area contributed by atoms with Gasteiger partial charge in [-0.15, -0.1) is 10.2 Å². The maximum atomic E-state index is 12.2. The summed E-state index contributed by atoms with van der Waals surface area (Å²) in [5.74, 6) is -0.648. The topological polar surface area (TPSA) is 110 Å². The molecule has 0 saturated heterocycles. The summed E-state index contributed by atoms with van der Waals surface area (Å²) < 4.78 is 0.736. The molecule has 0 spiro atoms. The van der Waals surface area contributed by atoms with Crippen molar-refractivity contribution in [2.45, 2.75) is 29.9 Å². The van der Waals surface area contributed by atoms with Crippen LogP contribution >= 0.6 is 23.1 Å². The summed E-state index contributed by atoms with van der Waals surface area (Å²) in [6.45, 7) is 4.72. The number of nitrogens with one attached hydrogen (secondary N) is 2. The first-order valence-electron chi connectivity index (χ1n) is 7.44. The Hall–Kier alpha value is -2.13. The minimum Gasteiger partial charge on any atom is -0.366 e. The van der Waals surface area contributed by atoms with Gasteiger partial charge in [0.25, 0.3) is 0 Å². The highest BCUT2D eigenvalue weighted by molar-refractivity contribution is 8.02. The molecule has 9 heteroatoms. The van der Waals surface area contributed by atoms with E-state index in [2.05, 4.69) is 27.8 Å². The second-order valence-corrected chi connectivity index (χ2v) is 7.56. The summed E-state index contributed by atoms with van der Waals surface area (Å²) in [6, 6.07) is 6.44. The van der Waals surface area contributed by atoms with E-state index in [0.29, 0.717) is 11.3 Å². The number of benzene rings is 1. The molecule has 0 aliphatic carbocycles. The maximum absolute atomic E-state index is 12.2. The number of aromatic nitrogens is 2. The lowest BCUT2D eigenvalue weighted by Crippen LogP contribution is -2.22. The van der Waals surface area contributed by atoms with E-state index in [9.17, 15) is 9.59 Å². The van der Waals surface area contributed by atoms with Gasteiger partial charge in [-0.2, -0.15) is 0 Å². The Bertz CT molecular complexity index is 702. The van der Waals surface area contributed by atoms with Crippen molar-refractivity contribution in [1.82, 2.24) is 10.2 Å². The van der Waals surface area contributed by atoms with E-state index in [4.69, 9.17) is 5.73 Å². The fourth-order valence-corrected chi connectivity index (χ4v) is 3.65. The van der Waals surface area contributed by atoms with Gasteiger partial charge < -0.3 is 16.4 Å². The zero-order chi connectivity index (χ0) is 17.5.